The smallest absolute Gasteiger partial charge is 0.303 e. The molecule has 2 bridgehead atoms. The summed E-state index contributed by atoms with van der Waals surface area (Å²) in [6, 6.07) is 0. The second-order valence-electron chi connectivity index (χ2n) is 7.55. The molecule has 142 valence electrons. The number of aliphatic hydroxyl groups excluding tert-OH is 1. The molecule has 0 spiro atoms. The third kappa shape index (κ3) is 6.59. The van der Waals surface area contributed by atoms with Crippen LogP contribution in [0.3, 0.4) is 0 Å². The van der Waals surface area contributed by atoms with Crippen LogP contribution in [-0.2, 0) is 9.53 Å². The fraction of sp³-hybridized carbons (Fsp3) is 0.762. The number of carboxylic acids is 1. The summed E-state index contributed by atoms with van der Waals surface area (Å²) in [5, 5.41) is 18.8. The lowest BCUT2D eigenvalue weighted by atomic mass is 9.85. The van der Waals surface area contributed by atoms with Crippen LogP contribution >= 0.6 is 0 Å². The van der Waals surface area contributed by atoms with Crippen LogP contribution < -0.4 is 0 Å². The van der Waals surface area contributed by atoms with Crippen LogP contribution in [0.15, 0.2) is 24.3 Å². The number of aliphatic hydroxyl groups is 1. The molecule has 2 rings (SSSR count). The van der Waals surface area contributed by atoms with E-state index in [0.29, 0.717) is 30.3 Å². The molecule has 1 heterocycles. The molecule has 0 aromatic heterocycles. The molecule has 4 nitrogen and oxygen atoms in total. The molecule has 2 unspecified atom stereocenters. The summed E-state index contributed by atoms with van der Waals surface area (Å²) < 4.78 is 5.88. The highest BCUT2D eigenvalue weighted by Gasteiger charge is 2.46. The van der Waals surface area contributed by atoms with Gasteiger partial charge in [0.05, 0.1) is 18.8 Å². The average molecular weight is 350 g/mol. The van der Waals surface area contributed by atoms with Crippen LogP contribution in [0, 0.1) is 17.8 Å². The van der Waals surface area contributed by atoms with Gasteiger partial charge in [0.25, 0.3) is 0 Å². The molecule has 2 fully saturated rings. The summed E-state index contributed by atoms with van der Waals surface area (Å²) in [4.78, 5) is 10.5. The standard InChI is InChI=1S/C21H34O4/c1-2-3-6-9-17(22)12-13-18-16-14-20(25-15-16)19(18)10-7-4-5-8-11-21(23)24/h4,7,12-13,16-20,22H,2-3,5-6,8-11,14-15H2,1H3,(H,23,24)/t16?,17-,18-,19+,20?/m0/s1. The van der Waals surface area contributed by atoms with E-state index in [-0.39, 0.29) is 12.5 Å². The first-order chi connectivity index (χ1) is 12.1. The van der Waals surface area contributed by atoms with Gasteiger partial charge >= 0.3 is 5.97 Å². The third-order valence-electron chi connectivity index (χ3n) is 5.57. The summed E-state index contributed by atoms with van der Waals surface area (Å²) in [6.07, 6.45) is 16.8. The van der Waals surface area contributed by atoms with Crippen molar-refractivity contribution >= 4 is 5.97 Å². The molecule has 0 amide bonds. The molecule has 1 aliphatic heterocycles. The van der Waals surface area contributed by atoms with Crippen LogP contribution in [-0.4, -0.2) is 35.0 Å². The highest BCUT2D eigenvalue weighted by atomic mass is 16.5. The van der Waals surface area contributed by atoms with Crippen molar-refractivity contribution in [3.05, 3.63) is 24.3 Å². The average Bonchev–Trinajstić information content (AvgIpc) is 3.17. The number of carboxylic acid groups (broad SMARTS) is 1. The predicted octanol–water partition coefficient (Wildman–Crippen LogP) is 4.34. The molecule has 0 aromatic rings. The van der Waals surface area contributed by atoms with E-state index in [4.69, 9.17) is 9.84 Å². The van der Waals surface area contributed by atoms with Gasteiger partial charge in [0.2, 0.25) is 0 Å². The van der Waals surface area contributed by atoms with Crippen molar-refractivity contribution < 1.29 is 19.7 Å². The van der Waals surface area contributed by atoms with Gasteiger partial charge in [-0.25, -0.2) is 0 Å². The first-order valence-electron chi connectivity index (χ1n) is 9.96. The van der Waals surface area contributed by atoms with E-state index in [0.717, 1.165) is 38.7 Å². The Morgan fingerprint density at radius 1 is 1.28 bits per heavy atom. The second kappa shape index (κ2) is 10.8. The van der Waals surface area contributed by atoms with Crippen molar-refractivity contribution in [2.24, 2.45) is 17.8 Å². The zero-order valence-corrected chi connectivity index (χ0v) is 15.5. The summed E-state index contributed by atoms with van der Waals surface area (Å²) in [7, 11) is 0. The lowest BCUT2D eigenvalue weighted by Gasteiger charge is -2.28. The minimum Gasteiger partial charge on any atom is -0.481 e. The largest absolute Gasteiger partial charge is 0.481 e. The molecule has 1 aliphatic carbocycles. The Hall–Kier alpha value is -1.13. The van der Waals surface area contributed by atoms with Gasteiger partial charge in [-0.3, -0.25) is 4.79 Å². The topological polar surface area (TPSA) is 66.8 Å². The first-order valence-corrected chi connectivity index (χ1v) is 9.96. The third-order valence-corrected chi connectivity index (χ3v) is 5.57. The zero-order chi connectivity index (χ0) is 18.1. The quantitative estimate of drug-likeness (QED) is 0.406. The maximum Gasteiger partial charge on any atom is 0.303 e. The summed E-state index contributed by atoms with van der Waals surface area (Å²) in [5.41, 5.74) is 0. The molecule has 0 aromatic carbocycles. The van der Waals surface area contributed by atoms with Crippen molar-refractivity contribution in [3.63, 3.8) is 0 Å². The van der Waals surface area contributed by atoms with Gasteiger partial charge in [-0.1, -0.05) is 50.5 Å². The summed E-state index contributed by atoms with van der Waals surface area (Å²) >= 11 is 0. The molecule has 1 saturated carbocycles. The maximum absolute atomic E-state index is 10.5. The first kappa shape index (κ1) is 20.2. The summed E-state index contributed by atoms with van der Waals surface area (Å²) in [6.45, 7) is 3.03. The molecule has 4 heteroatoms. The number of rotatable bonds is 12. The van der Waals surface area contributed by atoms with Gasteiger partial charge in [-0.05, 0) is 49.9 Å². The van der Waals surface area contributed by atoms with Gasteiger partial charge in [0.15, 0.2) is 0 Å². The normalized spacial score (nSPS) is 29.8. The lowest BCUT2D eigenvalue weighted by Crippen LogP contribution is -2.27. The van der Waals surface area contributed by atoms with Crippen molar-refractivity contribution in [3.8, 4) is 0 Å². The van der Waals surface area contributed by atoms with Crippen molar-refractivity contribution in [2.45, 2.75) is 76.9 Å². The number of unbranched alkanes of at least 4 members (excludes halogenated alkanes) is 3. The Labute approximate surface area is 152 Å². The number of hydrogen-bond acceptors (Lipinski definition) is 3. The number of ether oxygens (including phenoxy) is 1. The van der Waals surface area contributed by atoms with E-state index in [9.17, 15) is 9.90 Å². The van der Waals surface area contributed by atoms with Crippen molar-refractivity contribution in [2.75, 3.05) is 6.61 Å². The zero-order valence-electron chi connectivity index (χ0n) is 15.5. The van der Waals surface area contributed by atoms with Crippen LogP contribution in [0.1, 0.15) is 64.7 Å². The minimum atomic E-state index is -0.724. The van der Waals surface area contributed by atoms with E-state index in [2.05, 4.69) is 25.2 Å². The van der Waals surface area contributed by atoms with E-state index in [1.807, 2.05) is 6.08 Å². The van der Waals surface area contributed by atoms with Gasteiger partial charge < -0.3 is 14.9 Å². The van der Waals surface area contributed by atoms with E-state index in [1.54, 1.807) is 0 Å². The highest BCUT2D eigenvalue weighted by Crippen LogP contribution is 2.47. The molecular formula is C21H34O4. The minimum absolute atomic E-state index is 0.239. The monoisotopic (exact) mass is 350 g/mol. The van der Waals surface area contributed by atoms with Gasteiger partial charge in [0, 0.05) is 6.42 Å². The Morgan fingerprint density at radius 3 is 2.88 bits per heavy atom. The maximum atomic E-state index is 10.5. The van der Waals surface area contributed by atoms with Gasteiger partial charge in [-0.15, -0.1) is 0 Å². The molecule has 1 saturated heterocycles. The second-order valence-corrected chi connectivity index (χ2v) is 7.55. The fourth-order valence-electron chi connectivity index (χ4n) is 4.15. The van der Waals surface area contributed by atoms with Crippen molar-refractivity contribution in [1.29, 1.82) is 0 Å². The van der Waals surface area contributed by atoms with Crippen LogP contribution in [0.25, 0.3) is 0 Å². The molecular weight excluding hydrogens is 316 g/mol. The fourth-order valence-corrected chi connectivity index (χ4v) is 4.15. The van der Waals surface area contributed by atoms with E-state index in [1.165, 1.54) is 12.8 Å². The predicted molar refractivity (Wildman–Crippen MR) is 99.4 cm³/mol. The van der Waals surface area contributed by atoms with E-state index < -0.39 is 5.97 Å². The van der Waals surface area contributed by atoms with Gasteiger partial charge in [-0.2, -0.15) is 0 Å². The van der Waals surface area contributed by atoms with Crippen LogP contribution in [0.4, 0.5) is 0 Å². The number of fused-ring (bicyclic) bond motifs is 2. The number of hydrogen-bond donors (Lipinski definition) is 2. The molecule has 0 radical (unpaired) electrons. The van der Waals surface area contributed by atoms with Crippen LogP contribution in [0.5, 0.6) is 0 Å². The molecule has 2 aliphatic rings. The van der Waals surface area contributed by atoms with Crippen LogP contribution in [0.2, 0.25) is 0 Å². The molecule has 2 N–H and O–H groups in total. The SMILES string of the molecule is CCCCC[C@H](O)C=C[C@H]1C2COC(C2)[C@@H]1CC=CCCCC(=O)O. The van der Waals surface area contributed by atoms with E-state index >= 15 is 0 Å². The number of carbonyl (C=O) groups is 1. The lowest BCUT2D eigenvalue weighted by molar-refractivity contribution is -0.137. The molecule has 25 heavy (non-hydrogen) atoms. The highest BCUT2D eigenvalue weighted by molar-refractivity contribution is 5.66. The molecule has 5 atom stereocenters. The van der Waals surface area contributed by atoms with Crippen molar-refractivity contribution in [1.82, 2.24) is 0 Å². The van der Waals surface area contributed by atoms with Gasteiger partial charge in [0.1, 0.15) is 0 Å². The number of aliphatic carboxylic acids is 1. The Balaban J connectivity index is 1.78. The Kier molecular flexibility index (Phi) is 8.70. The Bertz CT molecular complexity index is 457. The number of allylic oxidation sites excluding steroid dienone is 3. The Morgan fingerprint density at radius 2 is 2.12 bits per heavy atom. The summed E-state index contributed by atoms with van der Waals surface area (Å²) in [5.74, 6) is 0.865.